The van der Waals surface area contributed by atoms with E-state index in [1.54, 1.807) is 0 Å². The van der Waals surface area contributed by atoms with Gasteiger partial charge < -0.3 is 5.32 Å². The normalized spacial score (nSPS) is 11.9. The van der Waals surface area contributed by atoms with E-state index in [-0.39, 0.29) is 0 Å². The van der Waals surface area contributed by atoms with Crippen LogP contribution in [0.2, 0.25) is 0 Å². The first kappa shape index (κ1) is 9.63. The van der Waals surface area contributed by atoms with Gasteiger partial charge in [-0.1, -0.05) is 18.3 Å². The summed E-state index contributed by atoms with van der Waals surface area (Å²) in [6.07, 6.45) is 2.01. The Hall–Kier alpha value is -0.370. The zero-order chi connectivity index (χ0) is 8.15. The van der Waals surface area contributed by atoms with Crippen molar-refractivity contribution in [3.8, 4) is 0 Å². The maximum absolute atomic E-state index is 5.07. The van der Waals surface area contributed by atoms with Gasteiger partial charge in [-0.3, -0.25) is 0 Å². The smallest absolute Gasteiger partial charge is 0.102 e. The van der Waals surface area contributed by atoms with Crippen LogP contribution in [-0.4, -0.2) is 11.0 Å². The van der Waals surface area contributed by atoms with E-state index in [4.69, 9.17) is 12.2 Å². The number of allylic oxidation sites excluding steroid dienone is 1. The summed E-state index contributed by atoms with van der Waals surface area (Å²) in [7, 11) is 0. The molecule has 1 N–H and O–H groups in total. The van der Waals surface area contributed by atoms with E-state index < -0.39 is 0 Å². The van der Waals surface area contributed by atoms with Crippen LogP contribution >= 0.6 is 12.2 Å². The van der Waals surface area contributed by atoms with E-state index >= 15 is 0 Å². The molecule has 0 unspecified atom stereocenters. The molecule has 10 heavy (non-hydrogen) atoms. The molecule has 0 aliphatic rings. The van der Waals surface area contributed by atoms with Crippen LogP contribution in [0.4, 0.5) is 0 Å². The summed E-state index contributed by atoms with van der Waals surface area (Å²) in [4.78, 5) is 0.859. The van der Waals surface area contributed by atoms with Crippen molar-refractivity contribution in [2.24, 2.45) is 0 Å². The minimum Gasteiger partial charge on any atom is -0.374 e. The van der Waals surface area contributed by atoms with Crippen molar-refractivity contribution in [2.75, 3.05) is 0 Å². The average molecular weight is 157 g/mol. The summed E-state index contributed by atoms with van der Waals surface area (Å²) in [5.41, 5.74) is 1.14. The Bertz CT molecular complexity index is 147. The largest absolute Gasteiger partial charge is 0.374 e. The summed E-state index contributed by atoms with van der Waals surface area (Å²) in [5.74, 6) is 0. The molecule has 0 saturated carbocycles. The van der Waals surface area contributed by atoms with Gasteiger partial charge in [0.2, 0.25) is 0 Å². The molecule has 0 amide bonds. The maximum atomic E-state index is 5.07. The van der Waals surface area contributed by atoms with Crippen molar-refractivity contribution in [1.29, 1.82) is 0 Å². The Morgan fingerprint density at radius 3 is 2.30 bits per heavy atom. The van der Waals surface area contributed by atoms with Gasteiger partial charge in [-0.05, 0) is 33.3 Å². The van der Waals surface area contributed by atoms with E-state index in [1.165, 1.54) is 0 Å². The molecule has 58 valence electrons. The summed E-state index contributed by atoms with van der Waals surface area (Å²) < 4.78 is 0. The van der Waals surface area contributed by atoms with Crippen molar-refractivity contribution in [2.45, 2.75) is 33.7 Å². The number of hydrogen-bond donors (Lipinski definition) is 1. The van der Waals surface area contributed by atoms with Crippen molar-refractivity contribution in [3.05, 3.63) is 11.6 Å². The quantitative estimate of drug-likeness (QED) is 0.487. The fraction of sp³-hybridized carbons (Fsp3) is 0.625. The van der Waals surface area contributed by atoms with Gasteiger partial charge in [-0.25, -0.2) is 0 Å². The lowest BCUT2D eigenvalue weighted by Gasteiger charge is -2.10. The average Bonchev–Trinajstić information content (AvgIpc) is 1.85. The highest BCUT2D eigenvalue weighted by atomic mass is 32.1. The third kappa shape index (κ3) is 3.62. The van der Waals surface area contributed by atoms with Gasteiger partial charge in [0.15, 0.2) is 0 Å². The second kappa shape index (κ2) is 4.45. The summed E-state index contributed by atoms with van der Waals surface area (Å²) in [6, 6.07) is 0.433. The predicted molar refractivity (Wildman–Crippen MR) is 50.3 cm³/mol. The van der Waals surface area contributed by atoms with E-state index in [1.807, 2.05) is 19.9 Å². The second-order valence-corrected chi connectivity index (χ2v) is 3.01. The van der Waals surface area contributed by atoms with Crippen molar-refractivity contribution < 1.29 is 0 Å². The van der Waals surface area contributed by atoms with Crippen LogP contribution in [0.1, 0.15) is 27.7 Å². The Labute approximate surface area is 68.5 Å². The molecule has 0 heterocycles. The van der Waals surface area contributed by atoms with Gasteiger partial charge >= 0.3 is 0 Å². The van der Waals surface area contributed by atoms with Crippen LogP contribution in [0.5, 0.6) is 0 Å². The molecule has 0 saturated heterocycles. The highest BCUT2D eigenvalue weighted by Crippen LogP contribution is 1.94. The van der Waals surface area contributed by atoms with E-state index in [9.17, 15) is 0 Å². The van der Waals surface area contributed by atoms with E-state index in [0.29, 0.717) is 6.04 Å². The summed E-state index contributed by atoms with van der Waals surface area (Å²) in [5, 5.41) is 3.16. The van der Waals surface area contributed by atoms with Gasteiger partial charge in [0.1, 0.15) is 4.99 Å². The molecule has 0 aromatic rings. The second-order valence-electron chi connectivity index (χ2n) is 2.60. The Balaban J connectivity index is 3.86. The monoisotopic (exact) mass is 157 g/mol. The van der Waals surface area contributed by atoms with E-state index in [0.717, 1.165) is 10.6 Å². The number of rotatable bonds is 2. The first-order valence-electron chi connectivity index (χ1n) is 3.51. The molecule has 0 aliphatic carbocycles. The van der Waals surface area contributed by atoms with Crippen LogP contribution in [0.25, 0.3) is 0 Å². The molecule has 0 bridgehead atoms. The molecular formula is C8H15NS. The molecule has 0 aliphatic heterocycles. The van der Waals surface area contributed by atoms with Gasteiger partial charge in [0.25, 0.3) is 0 Å². The van der Waals surface area contributed by atoms with Gasteiger partial charge in [0, 0.05) is 6.04 Å². The Morgan fingerprint density at radius 1 is 1.50 bits per heavy atom. The molecule has 0 spiro atoms. The lowest BCUT2D eigenvalue weighted by atomic mass is 10.2. The minimum atomic E-state index is 0.433. The minimum absolute atomic E-state index is 0.433. The van der Waals surface area contributed by atoms with Crippen LogP contribution in [-0.2, 0) is 0 Å². The van der Waals surface area contributed by atoms with Crippen LogP contribution < -0.4 is 5.32 Å². The summed E-state index contributed by atoms with van der Waals surface area (Å²) in [6.45, 7) is 8.16. The first-order chi connectivity index (χ1) is 4.57. The topological polar surface area (TPSA) is 12.0 Å². The first-order valence-corrected chi connectivity index (χ1v) is 3.92. The lowest BCUT2D eigenvalue weighted by Crippen LogP contribution is -2.29. The van der Waals surface area contributed by atoms with Gasteiger partial charge in [-0.2, -0.15) is 0 Å². The standard InChI is InChI=1S/C8H15NS/c1-5-7(4)8(10)9-6(2)3/h5-6H,1-4H3,(H,9,10)/b7-5+. The number of thiocarbonyl (C=S) groups is 1. The highest BCUT2D eigenvalue weighted by Gasteiger charge is 1.98. The molecule has 0 radical (unpaired) electrons. The molecule has 1 nitrogen and oxygen atoms in total. The van der Waals surface area contributed by atoms with E-state index in [2.05, 4.69) is 19.2 Å². The van der Waals surface area contributed by atoms with Crippen molar-refractivity contribution in [1.82, 2.24) is 5.32 Å². The zero-order valence-corrected chi connectivity index (χ0v) is 7.88. The lowest BCUT2D eigenvalue weighted by molar-refractivity contribution is 0.739. The molecule has 2 heteroatoms. The number of hydrogen-bond acceptors (Lipinski definition) is 1. The maximum Gasteiger partial charge on any atom is 0.102 e. The molecule has 0 aromatic heterocycles. The Morgan fingerprint density at radius 2 is 2.00 bits per heavy atom. The van der Waals surface area contributed by atoms with Crippen LogP contribution in [0.3, 0.4) is 0 Å². The summed E-state index contributed by atoms with van der Waals surface area (Å²) >= 11 is 5.07. The Kier molecular flexibility index (Phi) is 4.28. The molecule has 0 rings (SSSR count). The van der Waals surface area contributed by atoms with Crippen molar-refractivity contribution in [3.63, 3.8) is 0 Å². The highest BCUT2D eigenvalue weighted by molar-refractivity contribution is 7.80. The SMILES string of the molecule is C/C=C(\C)C(=S)NC(C)C. The molecular weight excluding hydrogens is 142 g/mol. The molecule has 0 fully saturated rings. The third-order valence-electron chi connectivity index (χ3n) is 1.21. The van der Waals surface area contributed by atoms with Crippen molar-refractivity contribution >= 4 is 17.2 Å². The zero-order valence-electron chi connectivity index (χ0n) is 7.06. The molecule has 0 atom stereocenters. The third-order valence-corrected chi connectivity index (χ3v) is 1.65. The predicted octanol–water partition coefficient (Wildman–Crippen LogP) is 2.28. The molecule has 0 aromatic carbocycles. The fourth-order valence-corrected chi connectivity index (χ4v) is 0.861. The fourth-order valence-electron chi connectivity index (χ4n) is 0.507. The number of nitrogens with one attached hydrogen (secondary N) is 1. The van der Waals surface area contributed by atoms with Gasteiger partial charge in [0.05, 0.1) is 0 Å². The van der Waals surface area contributed by atoms with Crippen LogP contribution in [0, 0.1) is 0 Å². The van der Waals surface area contributed by atoms with Crippen LogP contribution in [0.15, 0.2) is 11.6 Å². The van der Waals surface area contributed by atoms with Gasteiger partial charge in [-0.15, -0.1) is 0 Å².